The first kappa shape index (κ1) is 15.8. The van der Waals surface area contributed by atoms with Gasteiger partial charge in [0, 0.05) is 6.42 Å². The maximum Gasteiger partial charge on any atom is 0.306 e. The van der Waals surface area contributed by atoms with Gasteiger partial charge in [-0.2, -0.15) is 0 Å². The van der Waals surface area contributed by atoms with E-state index in [0.717, 1.165) is 25.9 Å². The number of ether oxygens (including phenoxy) is 1. The Morgan fingerprint density at radius 2 is 2.10 bits per heavy atom. The molecule has 4 unspecified atom stereocenters. The molecule has 2 rings (SSSR count). The van der Waals surface area contributed by atoms with E-state index in [-0.39, 0.29) is 12.1 Å². The van der Waals surface area contributed by atoms with Crippen LogP contribution in [-0.2, 0) is 9.53 Å². The summed E-state index contributed by atoms with van der Waals surface area (Å²) in [5.41, 5.74) is 0. The van der Waals surface area contributed by atoms with Crippen molar-refractivity contribution in [3.8, 4) is 0 Å². The van der Waals surface area contributed by atoms with Crippen LogP contribution in [0.1, 0.15) is 59.3 Å². The lowest BCUT2D eigenvalue weighted by molar-refractivity contribution is -0.157. The van der Waals surface area contributed by atoms with E-state index in [1.807, 2.05) is 0 Å². The van der Waals surface area contributed by atoms with Crippen molar-refractivity contribution in [3.05, 3.63) is 0 Å². The minimum absolute atomic E-state index is 0.0310. The van der Waals surface area contributed by atoms with Crippen LogP contribution in [0.15, 0.2) is 0 Å². The van der Waals surface area contributed by atoms with E-state index < -0.39 is 0 Å². The Labute approximate surface area is 123 Å². The van der Waals surface area contributed by atoms with Crippen LogP contribution in [0, 0.1) is 23.7 Å². The van der Waals surface area contributed by atoms with Gasteiger partial charge in [0.2, 0.25) is 0 Å². The molecule has 0 aromatic heterocycles. The van der Waals surface area contributed by atoms with Crippen molar-refractivity contribution in [1.29, 1.82) is 0 Å². The number of hydrogen-bond donors (Lipinski definition) is 1. The van der Waals surface area contributed by atoms with Crippen LogP contribution in [0.3, 0.4) is 0 Å². The average molecular weight is 281 g/mol. The van der Waals surface area contributed by atoms with Crippen LogP contribution >= 0.6 is 0 Å². The molecule has 1 aliphatic heterocycles. The van der Waals surface area contributed by atoms with E-state index >= 15 is 0 Å². The maximum absolute atomic E-state index is 12.2. The van der Waals surface area contributed by atoms with Gasteiger partial charge >= 0.3 is 5.97 Å². The first-order valence-corrected chi connectivity index (χ1v) is 8.46. The van der Waals surface area contributed by atoms with E-state index in [0.29, 0.717) is 30.1 Å². The van der Waals surface area contributed by atoms with Crippen LogP contribution in [0.2, 0.25) is 0 Å². The highest BCUT2D eigenvalue weighted by atomic mass is 16.5. The van der Waals surface area contributed by atoms with Crippen molar-refractivity contribution >= 4 is 5.97 Å². The number of esters is 1. The second-order valence-electron chi connectivity index (χ2n) is 7.27. The molecule has 0 amide bonds. The molecule has 0 spiro atoms. The largest absolute Gasteiger partial charge is 0.462 e. The lowest BCUT2D eigenvalue weighted by atomic mass is 9.75. The molecule has 0 aromatic carbocycles. The van der Waals surface area contributed by atoms with Crippen molar-refractivity contribution in [2.75, 3.05) is 13.1 Å². The van der Waals surface area contributed by atoms with Crippen LogP contribution in [0.5, 0.6) is 0 Å². The van der Waals surface area contributed by atoms with E-state index in [4.69, 9.17) is 4.74 Å². The van der Waals surface area contributed by atoms with Crippen LogP contribution in [0.4, 0.5) is 0 Å². The molecule has 3 heteroatoms. The zero-order chi connectivity index (χ0) is 14.5. The zero-order valence-electron chi connectivity index (χ0n) is 13.4. The summed E-state index contributed by atoms with van der Waals surface area (Å²) in [6.07, 6.45) is 6.65. The average Bonchev–Trinajstić information content (AvgIpc) is 2.39. The molecule has 1 N–H and O–H groups in total. The SMILES string of the molecule is CC1CCC(C(C)C)C(OC(=O)CC2CCCNC2)C1. The predicted octanol–water partition coefficient (Wildman–Crippen LogP) is 3.38. The van der Waals surface area contributed by atoms with Crippen molar-refractivity contribution in [3.63, 3.8) is 0 Å². The number of carbonyl (C=O) groups excluding carboxylic acids is 1. The highest BCUT2D eigenvalue weighted by Gasteiger charge is 2.33. The molecule has 1 aliphatic carbocycles. The molecule has 1 heterocycles. The Balaban J connectivity index is 1.83. The third kappa shape index (κ3) is 4.47. The molecule has 1 saturated carbocycles. The monoisotopic (exact) mass is 281 g/mol. The molecule has 4 atom stereocenters. The zero-order valence-corrected chi connectivity index (χ0v) is 13.4. The Hall–Kier alpha value is -0.570. The van der Waals surface area contributed by atoms with Crippen LogP contribution in [-0.4, -0.2) is 25.2 Å². The third-order valence-electron chi connectivity index (χ3n) is 5.10. The van der Waals surface area contributed by atoms with Gasteiger partial charge in [0.15, 0.2) is 0 Å². The van der Waals surface area contributed by atoms with Crippen molar-refractivity contribution in [2.24, 2.45) is 23.7 Å². The Morgan fingerprint density at radius 3 is 2.75 bits per heavy atom. The normalized spacial score (nSPS) is 35.0. The quantitative estimate of drug-likeness (QED) is 0.803. The molecular weight excluding hydrogens is 250 g/mol. The van der Waals surface area contributed by atoms with Gasteiger partial charge in [-0.05, 0) is 62.4 Å². The maximum atomic E-state index is 12.2. The highest BCUT2D eigenvalue weighted by molar-refractivity contribution is 5.70. The standard InChI is InChI=1S/C17H31NO2/c1-12(2)15-7-6-13(3)9-16(15)20-17(19)10-14-5-4-8-18-11-14/h12-16,18H,4-11H2,1-3H3. The number of piperidine rings is 1. The molecule has 116 valence electrons. The van der Waals surface area contributed by atoms with Crippen molar-refractivity contribution in [1.82, 2.24) is 5.32 Å². The number of nitrogens with one attached hydrogen (secondary N) is 1. The fourth-order valence-electron chi connectivity index (χ4n) is 3.80. The van der Waals surface area contributed by atoms with Gasteiger partial charge in [0.1, 0.15) is 6.10 Å². The summed E-state index contributed by atoms with van der Waals surface area (Å²) >= 11 is 0. The fourth-order valence-corrected chi connectivity index (χ4v) is 3.80. The van der Waals surface area contributed by atoms with Crippen LogP contribution in [0.25, 0.3) is 0 Å². The summed E-state index contributed by atoms with van der Waals surface area (Å²) in [4.78, 5) is 12.2. The first-order valence-electron chi connectivity index (χ1n) is 8.46. The summed E-state index contributed by atoms with van der Waals surface area (Å²) in [5.74, 6) is 2.37. The van der Waals surface area contributed by atoms with Crippen LogP contribution < -0.4 is 5.32 Å². The second kappa shape index (κ2) is 7.44. The number of carbonyl (C=O) groups is 1. The minimum atomic E-state index is 0.0310. The molecule has 2 fully saturated rings. The topological polar surface area (TPSA) is 38.3 Å². The van der Waals surface area contributed by atoms with E-state index in [2.05, 4.69) is 26.1 Å². The molecule has 20 heavy (non-hydrogen) atoms. The van der Waals surface area contributed by atoms with Gasteiger partial charge in [-0.3, -0.25) is 4.79 Å². The summed E-state index contributed by atoms with van der Waals surface area (Å²) in [6.45, 7) is 8.87. The molecular formula is C17H31NO2. The second-order valence-corrected chi connectivity index (χ2v) is 7.27. The summed E-state index contributed by atoms with van der Waals surface area (Å²) in [5, 5.41) is 3.37. The molecule has 0 radical (unpaired) electrons. The van der Waals surface area contributed by atoms with E-state index in [9.17, 15) is 4.79 Å². The summed E-state index contributed by atoms with van der Waals surface area (Å²) in [6, 6.07) is 0. The Morgan fingerprint density at radius 1 is 1.30 bits per heavy atom. The van der Waals surface area contributed by atoms with Crippen molar-refractivity contribution in [2.45, 2.75) is 65.4 Å². The van der Waals surface area contributed by atoms with Gasteiger partial charge in [0.05, 0.1) is 0 Å². The van der Waals surface area contributed by atoms with E-state index in [1.54, 1.807) is 0 Å². The third-order valence-corrected chi connectivity index (χ3v) is 5.10. The van der Waals surface area contributed by atoms with E-state index in [1.165, 1.54) is 19.3 Å². The number of rotatable bonds is 4. The summed E-state index contributed by atoms with van der Waals surface area (Å²) < 4.78 is 5.87. The van der Waals surface area contributed by atoms with Gasteiger partial charge in [-0.15, -0.1) is 0 Å². The highest BCUT2D eigenvalue weighted by Crippen LogP contribution is 2.35. The molecule has 0 bridgehead atoms. The molecule has 1 saturated heterocycles. The number of hydrogen-bond acceptors (Lipinski definition) is 3. The lowest BCUT2D eigenvalue weighted by Gasteiger charge is -2.37. The van der Waals surface area contributed by atoms with Gasteiger partial charge < -0.3 is 10.1 Å². The van der Waals surface area contributed by atoms with Gasteiger partial charge in [0.25, 0.3) is 0 Å². The fraction of sp³-hybridized carbons (Fsp3) is 0.941. The first-order chi connectivity index (χ1) is 9.56. The Kier molecular flexibility index (Phi) is 5.88. The van der Waals surface area contributed by atoms with Crippen molar-refractivity contribution < 1.29 is 9.53 Å². The predicted molar refractivity (Wildman–Crippen MR) is 81.4 cm³/mol. The van der Waals surface area contributed by atoms with Gasteiger partial charge in [-0.1, -0.05) is 27.2 Å². The van der Waals surface area contributed by atoms with Gasteiger partial charge in [-0.25, -0.2) is 0 Å². The molecule has 3 nitrogen and oxygen atoms in total. The molecule has 0 aromatic rings. The smallest absolute Gasteiger partial charge is 0.306 e. The lowest BCUT2D eigenvalue weighted by Crippen LogP contribution is -2.37. The Bertz CT molecular complexity index is 310. The summed E-state index contributed by atoms with van der Waals surface area (Å²) in [7, 11) is 0. The minimum Gasteiger partial charge on any atom is -0.462 e. The molecule has 2 aliphatic rings.